The molecule has 0 radical (unpaired) electrons. The van der Waals surface area contributed by atoms with Crippen molar-refractivity contribution < 1.29 is 9.90 Å². The molecule has 0 bridgehead atoms. The fourth-order valence-corrected chi connectivity index (χ4v) is 4.95. The molecule has 0 aromatic carbocycles. The van der Waals surface area contributed by atoms with E-state index in [2.05, 4.69) is 6.92 Å². The van der Waals surface area contributed by atoms with Crippen LogP contribution in [0.25, 0.3) is 20.9 Å². The number of carbonyl (C=O) groups excluding carboxylic acids is 1. The third kappa shape index (κ3) is 2.70. The van der Waals surface area contributed by atoms with Gasteiger partial charge >= 0.3 is 0 Å². The van der Waals surface area contributed by atoms with Gasteiger partial charge in [-0.15, -0.1) is 22.7 Å². The minimum atomic E-state index is -0.590. The summed E-state index contributed by atoms with van der Waals surface area (Å²) in [7, 11) is 0. The Morgan fingerprint density at radius 3 is 2.88 bits per heavy atom. The number of hydrogen-bond donors (Lipinski definition) is 2. The molecular formula is C17H18N4O2S2. The van der Waals surface area contributed by atoms with E-state index in [0.29, 0.717) is 24.6 Å². The Hall–Kier alpha value is -2.03. The van der Waals surface area contributed by atoms with Crippen LogP contribution in [0.2, 0.25) is 0 Å². The Morgan fingerprint density at radius 2 is 2.20 bits per heavy atom. The van der Waals surface area contributed by atoms with Crippen molar-refractivity contribution in [3.05, 3.63) is 28.0 Å². The summed E-state index contributed by atoms with van der Waals surface area (Å²) in [5, 5.41) is 13.0. The highest BCUT2D eigenvalue weighted by Crippen LogP contribution is 2.39. The average Bonchev–Trinajstić information content (AvgIpc) is 3.27. The van der Waals surface area contributed by atoms with Gasteiger partial charge in [0.25, 0.3) is 0 Å². The zero-order valence-corrected chi connectivity index (χ0v) is 15.5. The number of nitrogens with two attached hydrogens (primary N) is 1. The molecule has 1 amide bonds. The second kappa shape index (κ2) is 6.05. The molecular weight excluding hydrogens is 356 g/mol. The summed E-state index contributed by atoms with van der Waals surface area (Å²) in [6.07, 6.45) is -0.259. The highest BCUT2D eigenvalue weighted by atomic mass is 32.1. The van der Waals surface area contributed by atoms with Crippen molar-refractivity contribution in [2.75, 3.05) is 11.4 Å². The molecule has 3 aromatic rings. The third-order valence-corrected chi connectivity index (χ3v) is 6.60. The smallest absolute Gasteiger partial charge is 0.240 e. The largest absolute Gasteiger partial charge is 0.391 e. The SMILES string of the molecule is Cc1sc2nc(-c3cccs3)nc(N3C[C@@H](O)C[C@H]3C(N)=O)c2c1C. The molecule has 6 nitrogen and oxygen atoms in total. The molecule has 0 aliphatic carbocycles. The van der Waals surface area contributed by atoms with Gasteiger partial charge in [-0.3, -0.25) is 4.79 Å². The van der Waals surface area contributed by atoms with Crippen LogP contribution in [-0.4, -0.2) is 39.7 Å². The van der Waals surface area contributed by atoms with Crippen molar-refractivity contribution in [2.24, 2.45) is 5.73 Å². The second-order valence-electron chi connectivity index (χ2n) is 6.27. The van der Waals surface area contributed by atoms with Crippen molar-refractivity contribution in [3.63, 3.8) is 0 Å². The molecule has 8 heteroatoms. The number of primary amides is 1. The molecule has 4 heterocycles. The number of aromatic nitrogens is 2. The molecule has 130 valence electrons. The predicted molar refractivity (Wildman–Crippen MR) is 101 cm³/mol. The van der Waals surface area contributed by atoms with Crippen molar-refractivity contribution in [1.29, 1.82) is 0 Å². The lowest BCUT2D eigenvalue weighted by atomic mass is 10.1. The van der Waals surface area contributed by atoms with Gasteiger partial charge in [-0.05, 0) is 30.9 Å². The van der Waals surface area contributed by atoms with Crippen molar-refractivity contribution >= 4 is 44.6 Å². The first-order valence-corrected chi connectivity index (χ1v) is 9.71. The number of β-amino-alcohol motifs (C(OH)–C–C–N with tert-alkyl or cyclic N) is 1. The Balaban J connectivity index is 1.96. The van der Waals surface area contributed by atoms with E-state index in [9.17, 15) is 9.90 Å². The van der Waals surface area contributed by atoms with E-state index in [1.54, 1.807) is 22.7 Å². The molecule has 1 aliphatic rings. The molecule has 2 atom stereocenters. The summed E-state index contributed by atoms with van der Waals surface area (Å²) < 4.78 is 0. The predicted octanol–water partition coefficient (Wildman–Crippen LogP) is 2.46. The monoisotopic (exact) mass is 374 g/mol. The zero-order valence-electron chi connectivity index (χ0n) is 13.9. The zero-order chi connectivity index (χ0) is 17.7. The summed E-state index contributed by atoms with van der Waals surface area (Å²) >= 11 is 3.20. The Kier molecular flexibility index (Phi) is 3.98. The van der Waals surface area contributed by atoms with Crippen molar-refractivity contribution in [3.8, 4) is 10.7 Å². The van der Waals surface area contributed by atoms with Gasteiger partial charge in [0, 0.05) is 17.8 Å². The number of amides is 1. The van der Waals surface area contributed by atoms with E-state index < -0.39 is 18.1 Å². The summed E-state index contributed by atoms with van der Waals surface area (Å²) in [5.74, 6) is 0.893. The van der Waals surface area contributed by atoms with Gasteiger partial charge in [-0.2, -0.15) is 0 Å². The number of fused-ring (bicyclic) bond motifs is 1. The molecule has 0 spiro atoms. The van der Waals surface area contributed by atoms with Crippen LogP contribution in [-0.2, 0) is 4.79 Å². The van der Waals surface area contributed by atoms with Crippen LogP contribution in [0.1, 0.15) is 16.9 Å². The molecule has 1 fully saturated rings. The lowest BCUT2D eigenvalue weighted by Gasteiger charge is -2.24. The molecule has 25 heavy (non-hydrogen) atoms. The maximum Gasteiger partial charge on any atom is 0.240 e. The highest BCUT2D eigenvalue weighted by molar-refractivity contribution is 7.19. The standard InChI is InChI=1S/C17H18N4O2S2/c1-8-9(2)25-17-13(8)16(19-15(20-17)12-4-3-5-24-12)21-7-10(22)6-11(21)14(18)23/h3-5,10-11,22H,6-7H2,1-2H3,(H2,18,23)/t10-,11-/m0/s1. The maximum atomic E-state index is 11.9. The van der Waals surface area contributed by atoms with Gasteiger partial charge in [0.05, 0.1) is 16.4 Å². The lowest BCUT2D eigenvalue weighted by molar-refractivity contribution is -0.119. The quantitative estimate of drug-likeness (QED) is 0.735. The number of aliphatic hydroxyl groups excluding tert-OH is 1. The van der Waals surface area contributed by atoms with Gasteiger partial charge in [0.2, 0.25) is 5.91 Å². The molecule has 4 rings (SSSR count). The normalized spacial score (nSPS) is 20.5. The Morgan fingerprint density at radius 1 is 1.40 bits per heavy atom. The van der Waals surface area contributed by atoms with Crippen molar-refractivity contribution in [2.45, 2.75) is 32.4 Å². The van der Waals surface area contributed by atoms with E-state index in [-0.39, 0.29) is 0 Å². The minimum absolute atomic E-state index is 0.331. The van der Waals surface area contributed by atoms with Gasteiger partial charge in [-0.25, -0.2) is 9.97 Å². The molecule has 0 saturated carbocycles. The van der Waals surface area contributed by atoms with Crippen LogP contribution >= 0.6 is 22.7 Å². The van der Waals surface area contributed by atoms with E-state index in [1.165, 1.54) is 4.88 Å². The number of anilines is 1. The molecule has 1 aliphatic heterocycles. The topological polar surface area (TPSA) is 92.3 Å². The second-order valence-corrected chi connectivity index (χ2v) is 8.42. The molecule has 1 saturated heterocycles. The first kappa shape index (κ1) is 16.4. The highest BCUT2D eigenvalue weighted by Gasteiger charge is 2.37. The minimum Gasteiger partial charge on any atom is -0.391 e. The van der Waals surface area contributed by atoms with E-state index >= 15 is 0 Å². The summed E-state index contributed by atoms with van der Waals surface area (Å²) in [6.45, 7) is 4.44. The van der Waals surface area contributed by atoms with Crippen LogP contribution in [0.15, 0.2) is 17.5 Å². The number of thiophene rings is 2. The average molecular weight is 374 g/mol. The Labute approximate surface area is 152 Å². The number of aryl methyl sites for hydroxylation is 2. The van der Waals surface area contributed by atoms with Gasteiger partial charge in [-0.1, -0.05) is 6.07 Å². The first-order chi connectivity index (χ1) is 12.0. The van der Waals surface area contributed by atoms with Crippen LogP contribution in [0, 0.1) is 13.8 Å². The molecule has 3 N–H and O–H groups in total. The number of carbonyl (C=O) groups is 1. The third-order valence-electron chi connectivity index (χ3n) is 4.63. The number of hydrogen-bond acceptors (Lipinski definition) is 7. The summed E-state index contributed by atoms with van der Waals surface area (Å²) in [6, 6.07) is 3.39. The van der Waals surface area contributed by atoms with Gasteiger partial charge < -0.3 is 15.7 Å². The van der Waals surface area contributed by atoms with Gasteiger partial charge in [0.15, 0.2) is 5.82 Å². The lowest BCUT2D eigenvalue weighted by Crippen LogP contribution is -2.41. The van der Waals surface area contributed by atoms with Crippen LogP contribution in [0.4, 0.5) is 5.82 Å². The maximum absolute atomic E-state index is 11.9. The van der Waals surface area contributed by atoms with E-state index in [0.717, 1.165) is 20.7 Å². The van der Waals surface area contributed by atoms with Crippen molar-refractivity contribution in [1.82, 2.24) is 9.97 Å². The summed E-state index contributed by atoms with van der Waals surface area (Å²) in [5.41, 5.74) is 6.69. The van der Waals surface area contributed by atoms with Crippen LogP contribution < -0.4 is 10.6 Å². The Bertz CT molecular complexity index is 951. The fraction of sp³-hybridized carbons (Fsp3) is 0.353. The van der Waals surface area contributed by atoms with E-state index in [1.807, 2.05) is 29.3 Å². The fourth-order valence-electron chi connectivity index (χ4n) is 3.27. The van der Waals surface area contributed by atoms with Crippen LogP contribution in [0.5, 0.6) is 0 Å². The van der Waals surface area contributed by atoms with Gasteiger partial charge in [0.1, 0.15) is 16.7 Å². The van der Waals surface area contributed by atoms with Crippen LogP contribution in [0.3, 0.4) is 0 Å². The number of aliphatic hydroxyl groups is 1. The number of rotatable bonds is 3. The molecule has 0 unspecified atom stereocenters. The summed E-state index contributed by atoms with van der Waals surface area (Å²) in [4.78, 5) is 26.3. The van der Waals surface area contributed by atoms with E-state index in [4.69, 9.17) is 15.7 Å². The molecule has 3 aromatic heterocycles. The number of nitrogens with zero attached hydrogens (tertiary/aromatic N) is 3. The first-order valence-electron chi connectivity index (χ1n) is 8.01.